The van der Waals surface area contributed by atoms with Crippen molar-refractivity contribution in [2.75, 3.05) is 33.4 Å². The number of methoxy groups -OCH3 is 1. The molecule has 1 aliphatic rings. The third-order valence-electron chi connectivity index (χ3n) is 6.96. The number of ether oxygens (including phenoxy) is 3. The van der Waals surface area contributed by atoms with Gasteiger partial charge < -0.3 is 24.0 Å². The van der Waals surface area contributed by atoms with E-state index < -0.39 is 5.60 Å². The number of likely N-dealkylation sites (tertiary alicyclic amines) is 1. The van der Waals surface area contributed by atoms with E-state index in [1.807, 2.05) is 46.4 Å². The summed E-state index contributed by atoms with van der Waals surface area (Å²) in [7, 11) is 1.62. The highest BCUT2D eigenvalue weighted by atomic mass is 19.1. The number of piperidine rings is 1. The molecule has 1 saturated heterocycles. The number of allylic oxidation sites excluding steroid dienone is 1. The van der Waals surface area contributed by atoms with Gasteiger partial charge >= 0.3 is 6.09 Å². The number of hydrogen-bond donors (Lipinski definition) is 0. The topological polar surface area (TPSA) is 68.3 Å². The summed E-state index contributed by atoms with van der Waals surface area (Å²) in [5, 5.41) is 0. The van der Waals surface area contributed by atoms with Crippen molar-refractivity contribution in [2.45, 2.75) is 78.5 Å². The summed E-state index contributed by atoms with van der Waals surface area (Å²) in [5.74, 6) is -0.146. The summed E-state index contributed by atoms with van der Waals surface area (Å²) in [6, 6.07) is 9.69. The van der Waals surface area contributed by atoms with Gasteiger partial charge in [-0.15, -0.1) is 0 Å². The average Bonchev–Trinajstić information content (AvgIpc) is 2.90. The van der Waals surface area contributed by atoms with E-state index in [4.69, 9.17) is 14.2 Å². The second-order valence-electron chi connectivity index (χ2n) is 11.9. The molecule has 0 N–H and O–H groups in total. The first-order valence-corrected chi connectivity index (χ1v) is 14.3. The van der Waals surface area contributed by atoms with E-state index >= 15 is 0 Å². The van der Waals surface area contributed by atoms with Crippen molar-refractivity contribution in [3.05, 3.63) is 59.9 Å². The van der Waals surface area contributed by atoms with Crippen LogP contribution in [0.25, 0.3) is 16.7 Å². The Kier molecular flexibility index (Phi) is 11.0. The van der Waals surface area contributed by atoms with Crippen molar-refractivity contribution >= 4 is 17.6 Å². The largest absolute Gasteiger partial charge is 0.493 e. The molecule has 0 bridgehead atoms. The number of amides is 2. The first kappa shape index (κ1) is 32.1. The molecule has 2 aromatic rings. The third kappa shape index (κ3) is 8.32. The van der Waals surface area contributed by atoms with Gasteiger partial charge in [0.05, 0.1) is 18.2 Å². The van der Waals surface area contributed by atoms with Gasteiger partial charge in [-0.3, -0.25) is 4.79 Å². The molecule has 2 aromatic carbocycles. The predicted molar refractivity (Wildman–Crippen MR) is 161 cm³/mol. The van der Waals surface area contributed by atoms with Crippen LogP contribution in [0.15, 0.2) is 43.0 Å². The molecule has 0 unspecified atom stereocenters. The highest BCUT2D eigenvalue weighted by Gasteiger charge is 2.35. The van der Waals surface area contributed by atoms with Gasteiger partial charge in [0.25, 0.3) is 5.91 Å². The van der Waals surface area contributed by atoms with Crippen LogP contribution < -0.4 is 4.74 Å². The maximum Gasteiger partial charge on any atom is 0.410 e. The lowest BCUT2D eigenvalue weighted by atomic mass is 9.92. The van der Waals surface area contributed by atoms with E-state index in [2.05, 4.69) is 6.58 Å². The van der Waals surface area contributed by atoms with Crippen LogP contribution in [0.1, 0.15) is 76.7 Å². The van der Waals surface area contributed by atoms with Gasteiger partial charge in [-0.25, -0.2) is 9.18 Å². The van der Waals surface area contributed by atoms with Crippen LogP contribution in [-0.4, -0.2) is 72.9 Å². The number of carbonyl (C=O) groups is 2. The van der Waals surface area contributed by atoms with E-state index in [1.165, 1.54) is 6.07 Å². The van der Waals surface area contributed by atoms with Crippen molar-refractivity contribution in [1.29, 1.82) is 0 Å². The lowest BCUT2D eigenvalue weighted by Crippen LogP contribution is -2.54. The summed E-state index contributed by atoms with van der Waals surface area (Å²) in [6.07, 6.45) is 1.79. The number of halogens is 1. The summed E-state index contributed by atoms with van der Waals surface area (Å²) in [4.78, 5) is 30.7. The minimum absolute atomic E-state index is 0.138. The first-order valence-electron chi connectivity index (χ1n) is 14.3. The Hall–Kier alpha value is -3.39. The minimum atomic E-state index is -0.604. The Bertz CT molecular complexity index is 1240. The highest BCUT2D eigenvalue weighted by molar-refractivity contribution is 6.01. The van der Waals surface area contributed by atoms with E-state index in [9.17, 15) is 14.0 Å². The van der Waals surface area contributed by atoms with Crippen molar-refractivity contribution in [3.8, 4) is 16.9 Å². The molecule has 0 aromatic heterocycles. The van der Waals surface area contributed by atoms with Gasteiger partial charge in [-0.1, -0.05) is 30.4 Å². The molecule has 1 heterocycles. The van der Waals surface area contributed by atoms with Crippen molar-refractivity contribution < 1.29 is 28.2 Å². The summed E-state index contributed by atoms with van der Waals surface area (Å²) >= 11 is 0. The molecule has 1 atom stereocenters. The molecule has 41 heavy (non-hydrogen) atoms. The molecular weight excluding hydrogens is 523 g/mol. The van der Waals surface area contributed by atoms with Gasteiger partial charge in [0.2, 0.25) is 0 Å². The van der Waals surface area contributed by atoms with Crippen LogP contribution in [0.5, 0.6) is 5.75 Å². The zero-order valence-corrected chi connectivity index (χ0v) is 25.6. The number of carbonyl (C=O) groups excluding carboxylic acids is 2. The Labute approximate surface area is 244 Å². The lowest BCUT2D eigenvalue weighted by molar-refractivity contribution is 0.00751. The Morgan fingerprint density at radius 2 is 1.83 bits per heavy atom. The summed E-state index contributed by atoms with van der Waals surface area (Å²) in [6.45, 7) is 17.3. The molecule has 0 spiro atoms. The molecule has 2 amide bonds. The van der Waals surface area contributed by atoms with Gasteiger partial charge in [0.15, 0.2) is 0 Å². The zero-order chi connectivity index (χ0) is 30.3. The number of benzene rings is 2. The average molecular weight is 569 g/mol. The Morgan fingerprint density at radius 3 is 2.44 bits per heavy atom. The molecule has 0 saturated carbocycles. The van der Waals surface area contributed by atoms with Crippen LogP contribution in [0.3, 0.4) is 0 Å². The smallest absolute Gasteiger partial charge is 0.410 e. The Balaban J connectivity index is 2.04. The van der Waals surface area contributed by atoms with E-state index in [-0.39, 0.29) is 29.9 Å². The van der Waals surface area contributed by atoms with E-state index in [0.29, 0.717) is 66.3 Å². The minimum Gasteiger partial charge on any atom is -0.493 e. The van der Waals surface area contributed by atoms with Crippen molar-refractivity contribution in [2.24, 2.45) is 0 Å². The Morgan fingerprint density at radius 1 is 1.12 bits per heavy atom. The molecule has 7 nitrogen and oxygen atoms in total. The SMILES string of the molecule is C=C(C)c1cc(-c2ccccc2F)c(OCCCOC)cc1C(=O)N(C(C)C)[C@@H]1CCCN(C(=O)OC(C)(C)C)C1. The van der Waals surface area contributed by atoms with E-state index in [0.717, 1.165) is 12.8 Å². The fraction of sp³-hybridized carbons (Fsp3) is 0.515. The van der Waals surface area contributed by atoms with Crippen LogP contribution in [0.4, 0.5) is 9.18 Å². The maximum atomic E-state index is 15.0. The molecule has 0 radical (unpaired) electrons. The van der Waals surface area contributed by atoms with Crippen molar-refractivity contribution in [1.82, 2.24) is 9.80 Å². The second-order valence-corrected chi connectivity index (χ2v) is 11.9. The first-order chi connectivity index (χ1) is 19.3. The normalized spacial score (nSPS) is 15.5. The quantitative estimate of drug-likeness (QED) is 0.284. The van der Waals surface area contributed by atoms with Gasteiger partial charge in [0.1, 0.15) is 17.2 Å². The highest BCUT2D eigenvalue weighted by Crippen LogP contribution is 2.38. The number of rotatable bonds is 10. The molecule has 1 fully saturated rings. The zero-order valence-electron chi connectivity index (χ0n) is 25.6. The van der Waals surface area contributed by atoms with Crippen molar-refractivity contribution in [3.63, 3.8) is 0 Å². The fourth-order valence-corrected chi connectivity index (χ4v) is 5.14. The second kappa shape index (κ2) is 14.0. The van der Waals surface area contributed by atoms with E-state index in [1.54, 1.807) is 42.3 Å². The predicted octanol–water partition coefficient (Wildman–Crippen LogP) is 7.19. The fourth-order valence-electron chi connectivity index (χ4n) is 5.14. The van der Waals surface area contributed by atoms with Crippen LogP contribution in [0, 0.1) is 5.82 Å². The van der Waals surface area contributed by atoms with Gasteiger partial charge in [-0.05, 0) is 78.1 Å². The third-order valence-corrected chi connectivity index (χ3v) is 6.96. The molecule has 1 aliphatic heterocycles. The molecule has 3 rings (SSSR count). The standard InChI is InChI=1S/C33H45FN2O5/c1-22(2)26-19-27(25-14-9-10-15-29(25)34)30(40-18-12-17-39-8)20-28(26)31(37)36(23(3)4)24-13-11-16-35(21-24)32(38)41-33(5,6)7/h9-10,14-15,19-20,23-24H,1,11-13,16-18,21H2,2-8H3/t24-/m1/s1. The molecule has 0 aliphatic carbocycles. The van der Waals surface area contributed by atoms with Gasteiger partial charge in [-0.2, -0.15) is 0 Å². The lowest BCUT2D eigenvalue weighted by Gasteiger charge is -2.42. The monoisotopic (exact) mass is 568 g/mol. The number of hydrogen-bond acceptors (Lipinski definition) is 5. The summed E-state index contributed by atoms with van der Waals surface area (Å²) < 4.78 is 31.9. The van der Waals surface area contributed by atoms with Crippen LogP contribution in [-0.2, 0) is 9.47 Å². The molecular formula is C33H45FN2O5. The van der Waals surface area contributed by atoms with Crippen LogP contribution in [0.2, 0.25) is 0 Å². The molecule has 8 heteroatoms. The molecule has 224 valence electrons. The van der Waals surface area contributed by atoms with Gasteiger partial charge in [0, 0.05) is 50.4 Å². The van der Waals surface area contributed by atoms with Crippen LogP contribution >= 0.6 is 0 Å². The summed E-state index contributed by atoms with van der Waals surface area (Å²) in [5.41, 5.74) is 2.08. The maximum absolute atomic E-state index is 15.0. The number of nitrogens with zero attached hydrogens (tertiary/aromatic N) is 2.